The molecule has 0 aliphatic carbocycles. The molecule has 0 aromatic heterocycles. The molecule has 1 fully saturated rings. The van der Waals surface area contributed by atoms with Gasteiger partial charge in [0.1, 0.15) is 5.75 Å². The fourth-order valence-electron chi connectivity index (χ4n) is 2.70. The predicted octanol–water partition coefficient (Wildman–Crippen LogP) is 1.64. The first-order valence-electron chi connectivity index (χ1n) is 7.98. The maximum absolute atomic E-state index is 12.1. The van der Waals surface area contributed by atoms with E-state index in [9.17, 15) is 4.79 Å². The van der Waals surface area contributed by atoms with Crippen LogP contribution in [0.25, 0.3) is 0 Å². The summed E-state index contributed by atoms with van der Waals surface area (Å²) in [4.78, 5) is 14.2. The average Bonchev–Trinajstić information content (AvgIpc) is 2.56. The van der Waals surface area contributed by atoms with E-state index in [0.29, 0.717) is 19.6 Å². The number of nitrogens with one attached hydrogen (secondary N) is 2. The lowest BCUT2D eigenvalue weighted by Crippen LogP contribution is -2.45. The van der Waals surface area contributed by atoms with Crippen molar-refractivity contribution in [3.05, 3.63) is 29.8 Å². The van der Waals surface area contributed by atoms with E-state index in [1.54, 1.807) is 7.11 Å². The van der Waals surface area contributed by atoms with Crippen LogP contribution in [0.4, 0.5) is 0 Å². The van der Waals surface area contributed by atoms with Crippen LogP contribution in [0.15, 0.2) is 24.3 Å². The maximum Gasteiger partial charge on any atom is 0.221 e. The van der Waals surface area contributed by atoms with Crippen LogP contribution in [-0.2, 0) is 9.53 Å². The molecule has 2 unspecified atom stereocenters. The molecule has 6 nitrogen and oxygen atoms in total. The molecule has 1 aliphatic rings. The van der Waals surface area contributed by atoms with Gasteiger partial charge in [-0.3, -0.25) is 4.79 Å². The number of rotatable bonds is 7. The molecular formula is C17H29Cl2N3O3. The first-order chi connectivity index (χ1) is 11.1. The highest BCUT2D eigenvalue weighted by atomic mass is 35.5. The van der Waals surface area contributed by atoms with E-state index in [0.717, 1.165) is 24.5 Å². The van der Waals surface area contributed by atoms with E-state index in [4.69, 9.17) is 9.47 Å². The second kappa shape index (κ2) is 12.3. The Morgan fingerprint density at radius 2 is 2.20 bits per heavy atom. The summed E-state index contributed by atoms with van der Waals surface area (Å²) in [5.74, 6) is 0.868. The van der Waals surface area contributed by atoms with E-state index in [1.807, 2.05) is 32.3 Å². The molecule has 25 heavy (non-hydrogen) atoms. The Labute approximate surface area is 162 Å². The monoisotopic (exact) mass is 393 g/mol. The van der Waals surface area contributed by atoms with Crippen molar-refractivity contribution in [1.29, 1.82) is 0 Å². The number of carbonyl (C=O) groups is 1. The SMILES string of the molecule is COc1cccc(C(CNC(=O)CC2COCCN2)N(C)C)c1.Cl.Cl. The minimum atomic E-state index is 0. The number of hydrogen-bond acceptors (Lipinski definition) is 5. The van der Waals surface area contributed by atoms with E-state index >= 15 is 0 Å². The van der Waals surface area contributed by atoms with Crippen LogP contribution in [-0.4, -0.2) is 64.4 Å². The summed E-state index contributed by atoms with van der Waals surface area (Å²) in [7, 11) is 5.67. The molecule has 0 saturated carbocycles. The second-order valence-electron chi connectivity index (χ2n) is 5.99. The van der Waals surface area contributed by atoms with Crippen LogP contribution in [0.1, 0.15) is 18.0 Å². The summed E-state index contributed by atoms with van der Waals surface area (Å²) in [6.45, 7) is 2.69. The van der Waals surface area contributed by atoms with Gasteiger partial charge >= 0.3 is 0 Å². The first-order valence-corrected chi connectivity index (χ1v) is 7.98. The van der Waals surface area contributed by atoms with Crippen molar-refractivity contribution in [3.63, 3.8) is 0 Å². The van der Waals surface area contributed by atoms with E-state index in [2.05, 4.69) is 21.6 Å². The number of nitrogens with zero attached hydrogens (tertiary/aromatic N) is 1. The zero-order valence-electron chi connectivity index (χ0n) is 15.0. The van der Waals surface area contributed by atoms with Crippen molar-refractivity contribution >= 4 is 30.7 Å². The van der Waals surface area contributed by atoms with Crippen molar-refractivity contribution in [2.75, 3.05) is 47.5 Å². The number of likely N-dealkylation sites (N-methyl/N-ethyl adjacent to an activating group) is 1. The quantitative estimate of drug-likeness (QED) is 0.736. The Morgan fingerprint density at radius 1 is 1.44 bits per heavy atom. The van der Waals surface area contributed by atoms with Gasteiger partial charge in [-0.1, -0.05) is 12.1 Å². The molecule has 1 aromatic rings. The lowest BCUT2D eigenvalue weighted by molar-refractivity contribution is -0.122. The average molecular weight is 394 g/mol. The summed E-state index contributed by atoms with van der Waals surface area (Å²) in [5, 5.41) is 6.32. The van der Waals surface area contributed by atoms with Gasteiger partial charge in [0.15, 0.2) is 0 Å². The van der Waals surface area contributed by atoms with Crippen LogP contribution in [0, 0.1) is 0 Å². The van der Waals surface area contributed by atoms with E-state index in [-0.39, 0.29) is 42.8 Å². The Bertz CT molecular complexity index is 512. The van der Waals surface area contributed by atoms with Gasteiger partial charge in [0, 0.05) is 25.6 Å². The van der Waals surface area contributed by atoms with Crippen LogP contribution >= 0.6 is 24.8 Å². The summed E-state index contributed by atoms with van der Waals surface area (Å²) >= 11 is 0. The van der Waals surface area contributed by atoms with Gasteiger partial charge in [0.25, 0.3) is 0 Å². The zero-order chi connectivity index (χ0) is 16.7. The Balaban J connectivity index is 0.00000288. The van der Waals surface area contributed by atoms with Gasteiger partial charge in [0.05, 0.1) is 26.4 Å². The molecule has 1 saturated heterocycles. The molecule has 2 N–H and O–H groups in total. The van der Waals surface area contributed by atoms with Crippen molar-refractivity contribution in [1.82, 2.24) is 15.5 Å². The minimum absolute atomic E-state index is 0. The normalized spacial score (nSPS) is 17.8. The lowest BCUT2D eigenvalue weighted by atomic mass is 10.1. The number of benzene rings is 1. The number of amides is 1. The summed E-state index contributed by atoms with van der Waals surface area (Å²) in [6.07, 6.45) is 0.443. The number of methoxy groups -OCH3 is 1. The summed E-state index contributed by atoms with van der Waals surface area (Å²) < 4.78 is 10.7. The fourth-order valence-corrected chi connectivity index (χ4v) is 2.70. The molecule has 0 radical (unpaired) electrons. The molecular weight excluding hydrogens is 365 g/mol. The van der Waals surface area contributed by atoms with E-state index < -0.39 is 0 Å². The van der Waals surface area contributed by atoms with Gasteiger partial charge in [-0.25, -0.2) is 0 Å². The third kappa shape index (κ3) is 7.79. The Kier molecular flexibility index (Phi) is 11.8. The molecule has 2 atom stereocenters. The highest BCUT2D eigenvalue weighted by Gasteiger charge is 2.19. The first kappa shape index (κ1) is 23.9. The molecule has 1 aromatic carbocycles. The molecule has 0 spiro atoms. The highest BCUT2D eigenvalue weighted by Crippen LogP contribution is 2.22. The number of ether oxygens (including phenoxy) is 2. The molecule has 1 aliphatic heterocycles. The fraction of sp³-hybridized carbons (Fsp3) is 0.588. The van der Waals surface area contributed by atoms with Crippen molar-refractivity contribution in [3.8, 4) is 5.75 Å². The Hall–Kier alpha value is -1.05. The third-order valence-electron chi connectivity index (χ3n) is 4.02. The standard InChI is InChI=1S/C17H27N3O3.2ClH/c1-20(2)16(13-5-4-6-15(9-13)22-3)11-19-17(21)10-14-12-23-8-7-18-14;;/h4-6,9,14,16,18H,7-8,10-12H2,1-3H3,(H,19,21);2*1H. The smallest absolute Gasteiger partial charge is 0.221 e. The zero-order valence-corrected chi connectivity index (χ0v) is 16.6. The largest absolute Gasteiger partial charge is 0.497 e. The van der Waals surface area contributed by atoms with Crippen LogP contribution in [0.3, 0.4) is 0 Å². The molecule has 1 amide bonds. The van der Waals surface area contributed by atoms with Gasteiger partial charge in [-0.15, -0.1) is 24.8 Å². The number of carbonyl (C=O) groups excluding carboxylic acids is 1. The Morgan fingerprint density at radius 3 is 2.80 bits per heavy atom. The second-order valence-corrected chi connectivity index (χ2v) is 5.99. The van der Waals surface area contributed by atoms with E-state index in [1.165, 1.54) is 0 Å². The topological polar surface area (TPSA) is 62.8 Å². The van der Waals surface area contributed by atoms with Gasteiger partial charge in [-0.2, -0.15) is 0 Å². The summed E-state index contributed by atoms with van der Waals surface area (Å²) in [5.41, 5.74) is 1.12. The van der Waals surface area contributed by atoms with Crippen molar-refractivity contribution in [2.45, 2.75) is 18.5 Å². The third-order valence-corrected chi connectivity index (χ3v) is 4.02. The number of morpholine rings is 1. The molecule has 2 rings (SSSR count). The number of halogens is 2. The predicted molar refractivity (Wildman–Crippen MR) is 104 cm³/mol. The lowest BCUT2D eigenvalue weighted by Gasteiger charge is -2.27. The van der Waals surface area contributed by atoms with Crippen LogP contribution in [0.2, 0.25) is 0 Å². The van der Waals surface area contributed by atoms with Gasteiger partial charge < -0.3 is 25.0 Å². The van der Waals surface area contributed by atoms with Gasteiger partial charge in [0.2, 0.25) is 5.91 Å². The molecule has 1 heterocycles. The highest BCUT2D eigenvalue weighted by molar-refractivity contribution is 5.85. The summed E-state index contributed by atoms with van der Waals surface area (Å²) in [6, 6.07) is 8.16. The van der Waals surface area contributed by atoms with Gasteiger partial charge in [-0.05, 0) is 31.8 Å². The van der Waals surface area contributed by atoms with Crippen LogP contribution < -0.4 is 15.4 Å². The molecule has 8 heteroatoms. The molecule has 144 valence electrons. The number of hydrogen-bond donors (Lipinski definition) is 2. The maximum atomic E-state index is 12.1. The van der Waals surface area contributed by atoms with Crippen LogP contribution in [0.5, 0.6) is 5.75 Å². The van der Waals surface area contributed by atoms with Crippen molar-refractivity contribution < 1.29 is 14.3 Å². The van der Waals surface area contributed by atoms with Crippen molar-refractivity contribution in [2.24, 2.45) is 0 Å². The minimum Gasteiger partial charge on any atom is -0.497 e. The molecule has 0 bridgehead atoms.